The molecular weight excluding hydrogens is 385 g/mol. The molecule has 2 heterocycles. The molecule has 2 aliphatic heterocycles. The molecule has 2 aromatic carbocycles. The highest BCUT2D eigenvalue weighted by molar-refractivity contribution is 6.31. The molecule has 1 saturated heterocycles. The summed E-state index contributed by atoms with van der Waals surface area (Å²) >= 11 is 0. The number of fused-ring (bicyclic) bond motifs is 1. The lowest BCUT2D eigenvalue weighted by molar-refractivity contribution is -0.146. The number of hydrogen-bond donors (Lipinski definition) is 2. The predicted molar refractivity (Wildman–Crippen MR) is 115 cm³/mol. The van der Waals surface area contributed by atoms with Crippen LogP contribution in [0.5, 0.6) is 0 Å². The van der Waals surface area contributed by atoms with Crippen molar-refractivity contribution in [1.82, 2.24) is 0 Å². The van der Waals surface area contributed by atoms with E-state index in [1.165, 1.54) is 13.2 Å². The number of ether oxygens (including phenoxy) is 1. The quantitative estimate of drug-likeness (QED) is 0.592. The maximum atomic E-state index is 14.2. The molecule has 2 N–H and O–H groups in total. The van der Waals surface area contributed by atoms with Crippen molar-refractivity contribution in [3.63, 3.8) is 0 Å². The molecule has 0 saturated carbocycles. The number of hydrogen-bond acceptors (Lipinski definition) is 5. The second kappa shape index (κ2) is 8.18. The zero-order chi connectivity index (χ0) is 21.3. The maximum Gasteiger partial charge on any atom is 0.308 e. The number of benzene rings is 2. The first kappa shape index (κ1) is 19.9. The van der Waals surface area contributed by atoms with E-state index in [1.807, 2.05) is 25.1 Å². The van der Waals surface area contributed by atoms with Gasteiger partial charge < -0.3 is 20.3 Å². The van der Waals surface area contributed by atoms with Gasteiger partial charge in [0.2, 0.25) is 0 Å². The van der Waals surface area contributed by atoms with E-state index in [1.54, 1.807) is 18.3 Å². The number of carbonyl (C=O) groups is 2. The molecule has 0 radical (unpaired) electrons. The summed E-state index contributed by atoms with van der Waals surface area (Å²) in [4.78, 5) is 26.2. The third-order valence-corrected chi connectivity index (χ3v) is 5.73. The third-order valence-electron chi connectivity index (χ3n) is 5.73. The van der Waals surface area contributed by atoms with Gasteiger partial charge in [0.25, 0.3) is 5.91 Å². The van der Waals surface area contributed by atoms with E-state index in [0.29, 0.717) is 5.69 Å². The predicted octanol–water partition coefficient (Wildman–Crippen LogP) is 3.93. The van der Waals surface area contributed by atoms with Crippen molar-refractivity contribution >= 4 is 34.5 Å². The fraction of sp³-hybridized carbons (Fsp3) is 0.304. The van der Waals surface area contributed by atoms with E-state index in [-0.39, 0.29) is 28.9 Å². The van der Waals surface area contributed by atoms with Crippen LogP contribution in [0.4, 0.5) is 21.5 Å². The molecule has 2 aliphatic rings. The lowest BCUT2D eigenvalue weighted by atomic mass is 9.96. The number of nitrogens with zero attached hydrogens (tertiary/aromatic N) is 1. The molecule has 4 rings (SSSR count). The molecule has 7 heteroatoms. The van der Waals surface area contributed by atoms with Gasteiger partial charge in [-0.1, -0.05) is 6.07 Å². The first-order chi connectivity index (χ1) is 14.5. The van der Waals surface area contributed by atoms with E-state index in [9.17, 15) is 14.0 Å². The molecule has 6 nitrogen and oxygen atoms in total. The van der Waals surface area contributed by atoms with Crippen molar-refractivity contribution in [2.75, 3.05) is 35.7 Å². The Bertz CT molecular complexity index is 1030. The van der Waals surface area contributed by atoms with E-state index in [0.717, 1.165) is 42.9 Å². The first-order valence-corrected chi connectivity index (χ1v) is 9.98. The van der Waals surface area contributed by atoms with Gasteiger partial charge in [0.1, 0.15) is 5.82 Å². The highest BCUT2D eigenvalue weighted by Crippen LogP contribution is 2.34. The standard InChI is InChI=1S/C23H24FN3O3/c1-14-12-16(6-7-20(14)27-10-8-15(9-11-27)23(29)30-2)25-13-17-21-18(24)4-3-5-19(21)26-22(17)28/h3-7,12-13,15,25H,8-11H2,1-2H3,(H,26,28). The van der Waals surface area contributed by atoms with Crippen LogP contribution in [0.3, 0.4) is 0 Å². The third kappa shape index (κ3) is 3.75. The maximum absolute atomic E-state index is 14.2. The Labute approximate surface area is 174 Å². The lowest BCUT2D eigenvalue weighted by Crippen LogP contribution is -2.37. The van der Waals surface area contributed by atoms with Gasteiger partial charge in [0.05, 0.1) is 24.3 Å². The zero-order valence-corrected chi connectivity index (χ0v) is 17.0. The van der Waals surface area contributed by atoms with Crippen molar-refractivity contribution < 1.29 is 18.7 Å². The molecular formula is C23H24FN3O3. The summed E-state index contributed by atoms with van der Waals surface area (Å²) in [6, 6.07) is 10.5. The molecule has 0 aliphatic carbocycles. The number of amides is 1. The van der Waals surface area contributed by atoms with E-state index in [2.05, 4.69) is 15.5 Å². The van der Waals surface area contributed by atoms with E-state index in [4.69, 9.17) is 4.74 Å². The van der Waals surface area contributed by atoms with Crippen LogP contribution < -0.4 is 15.5 Å². The fourth-order valence-corrected chi connectivity index (χ4v) is 4.12. The molecule has 0 unspecified atom stereocenters. The number of carbonyl (C=O) groups excluding carboxylic acids is 2. The molecule has 0 aromatic heterocycles. The van der Waals surface area contributed by atoms with Crippen LogP contribution in [-0.2, 0) is 14.3 Å². The number of piperidine rings is 1. The summed E-state index contributed by atoms with van der Waals surface area (Å²) in [5.41, 5.74) is 4.05. The summed E-state index contributed by atoms with van der Waals surface area (Å²) in [6.45, 7) is 3.62. The number of aryl methyl sites for hydroxylation is 1. The Kier molecular flexibility index (Phi) is 5.44. The van der Waals surface area contributed by atoms with Gasteiger partial charge >= 0.3 is 5.97 Å². The molecule has 2 aromatic rings. The van der Waals surface area contributed by atoms with Gasteiger partial charge in [-0.25, -0.2) is 4.39 Å². The van der Waals surface area contributed by atoms with Gasteiger partial charge in [0.15, 0.2) is 0 Å². The Morgan fingerprint density at radius 2 is 2.03 bits per heavy atom. The SMILES string of the molecule is COC(=O)C1CCN(c2ccc(NC=C3C(=O)Nc4cccc(F)c43)cc2C)CC1. The van der Waals surface area contributed by atoms with Gasteiger partial charge in [-0.05, 0) is 55.7 Å². The summed E-state index contributed by atoms with van der Waals surface area (Å²) in [5, 5.41) is 5.79. The van der Waals surface area contributed by atoms with Crippen molar-refractivity contribution in [1.29, 1.82) is 0 Å². The van der Waals surface area contributed by atoms with Crippen LogP contribution in [0, 0.1) is 18.7 Å². The van der Waals surface area contributed by atoms with Crippen molar-refractivity contribution in [2.45, 2.75) is 19.8 Å². The Morgan fingerprint density at radius 3 is 2.73 bits per heavy atom. The molecule has 0 spiro atoms. The monoisotopic (exact) mass is 409 g/mol. The first-order valence-electron chi connectivity index (χ1n) is 9.98. The average Bonchev–Trinajstić information content (AvgIpc) is 3.08. The lowest BCUT2D eigenvalue weighted by Gasteiger charge is -2.33. The average molecular weight is 409 g/mol. The van der Waals surface area contributed by atoms with Gasteiger partial charge in [-0.15, -0.1) is 0 Å². The number of rotatable bonds is 4. The van der Waals surface area contributed by atoms with Crippen LogP contribution in [0.15, 0.2) is 42.6 Å². The molecule has 0 bridgehead atoms. The van der Waals surface area contributed by atoms with Gasteiger partial charge in [-0.2, -0.15) is 0 Å². The van der Waals surface area contributed by atoms with Crippen LogP contribution >= 0.6 is 0 Å². The summed E-state index contributed by atoms with van der Waals surface area (Å²) in [5.74, 6) is -0.918. The normalized spacial score (nSPS) is 17.6. The highest BCUT2D eigenvalue weighted by atomic mass is 19.1. The van der Waals surface area contributed by atoms with E-state index < -0.39 is 5.82 Å². The summed E-state index contributed by atoms with van der Waals surface area (Å²) in [7, 11) is 1.43. The summed E-state index contributed by atoms with van der Waals surface area (Å²) in [6.07, 6.45) is 3.09. The minimum atomic E-state index is -0.430. The van der Waals surface area contributed by atoms with Gasteiger partial charge in [0, 0.05) is 36.2 Å². The topological polar surface area (TPSA) is 70.7 Å². The van der Waals surface area contributed by atoms with Crippen molar-refractivity contribution in [2.24, 2.45) is 5.92 Å². The molecule has 1 fully saturated rings. The summed E-state index contributed by atoms with van der Waals surface area (Å²) < 4.78 is 19.0. The molecule has 0 atom stereocenters. The Balaban J connectivity index is 1.47. The number of esters is 1. The van der Waals surface area contributed by atoms with Crippen molar-refractivity contribution in [3.8, 4) is 0 Å². The van der Waals surface area contributed by atoms with Crippen LogP contribution in [0.2, 0.25) is 0 Å². The van der Waals surface area contributed by atoms with E-state index >= 15 is 0 Å². The van der Waals surface area contributed by atoms with Crippen molar-refractivity contribution in [3.05, 3.63) is 59.5 Å². The minimum absolute atomic E-state index is 0.0278. The fourth-order valence-electron chi connectivity index (χ4n) is 4.12. The highest BCUT2D eigenvalue weighted by Gasteiger charge is 2.28. The Hall–Kier alpha value is -3.35. The zero-order valence-electron chi connectivity index (χ0n) is 17.0. The van der Waals surface area contributed by atoms with Crippen LogP contribution in [0.25, 0.3) is 5.57 Å². The minimum Gasteiger partial charge on any atom is -0.469 e. The second-order valence-corrected chi connectivity index (χ2v) is 7.60. The molecule has 1 amide bonds. The number of anilines is 3. The molecule has 30 heavy (non-hydrogen) atoms. The molecule has 156 valence electrons. The van der Waals surface area contributed by atoms with Gasteiger partial charge in [-0.3, -0.25) is 9.59 Å². The number of methoxy groups -OCH3 is 1. The van der Waals surface area contributed by atoms with Crippen LogP contribution in [0.1, 0.15) is 24.0 Å². The number of nitrogens with one attached hydrogen (secondary N) is 2. The van der Waals surface area contributed by atoms with Crippen LogP contribution in [-0.4, -0.2) is 32.1 Å². The number of halogens is 1. The Morgan fingerprint density at radius 1 is 1.27 bits per heavy atom. The largest absolute Gasteiger partial charge is 0.469 e. The second-order valence-electron chi connectivity index (χ2n) is 7.60. The smallest absolute Gasteiger partial charge is 0.308 e.